The van der Waals surface area contributed by atoms with E-state index in [2.05, 4.69) is 10.3 Å². The number of hydrogen-bond acceptors (Lipinski definition) is 5. The summed E-state index contributed by atoms with van der Waals surface area (Å²) in [5.74, 6) is -0.978. The Balaban J connectivity index is 3.00. The Morgan fingerprint density at radius 3 is 2.93 bits per heavy atom. The average molecular weight is 195 g/mol. The Morgan fingerprint density at radius 1 is 1.57 bits per heavy atom. The van der Waals surface area contributed by atoms with Crippen LogP contribution in [-0.2, 0) is 0 Å². The second-order valence-electron chi connectivity index (χ2n) is 2.67. The highest BCUT2D eigenvalue weighted by atomic mass is 16.5. The van der Waals surface area contributed by atoms with Gasteiger partial charge in [0.15, 0.2) is 11.2 Å². The molecule has 2 heterocycles. The molecular formula is C7H5N3O4. The fourth-order valence-corrected chi connectivity index (χ4v) is 1.18. The maximum atomic E-state index is 11.1. The Kier molecular flexibility index (Phi) is 1.60. The number of aromatic amines is 1. The molecule has 0 saturated carbocycles. The van der Waals surface area contributed by atoms with Gasteiger partial charge in [0.05, 0.1) is 5.39 Å². The number of carboxylic acids is 1. The van der Waals surface area contributed by atoms with Gasteiger partial charge in [0, 0.05) is 0 Å². The minimum atomic E-state index is -1.24. The SMILES string of the molecule is Cc1onc2c(=O)[nH]nc(C(=O)O)c12. The van der Waals surface area contributed by atoms with Gasteiger partial charge in [-0.25, -0.2) is 9.89 Å². The number of carboxylic acid groups (broad SMARTS) is 1. The number of aromatic nitrogens is 3. The van der Waals surface area contributed by atoms with Crippen LogP contribution in [0.4, 0.5) is 0 Å². The van der Waals surface area contributed by atoms with Gasteiger partial charge in [0.2, 0.25) is 0 Å². The zero-order valence-electron chi connectivity index (χ0n) is 7.07. The third kappa shape index (κ3) is 0.987. The molecule has 2 rings (SSSR count). The Morgan fingerprint density at radius 2 is 2.29 bits per heavy atom. The molecule has 0 spiro atoms. The molecular weight excluding hydrogens is 190 g/mol. The second-order valence-corrected chi connectivity index (χ2v) is 2.67. The van der Waals surface area contributed by atoms with Gasteiger partial charge in [-0.15, -0.1) is 0 Å². The molecule has 2 N–H and O–H groups in total. The summed E-state index contributed by atoms with van der Waals surface area (Å²) in [4.78, 5) is 21.9. The quantitative estimate of drug-likeness (QED) is 0.658. The maximum Gasteiger partial charge on any atom is 0.357 e. The topological polar surface area (TPSA) is 109 Å². The predicted octanol–water partition coefficient (Wildman–Crippen LogP) is -0.0823. The van der Waals surface area contributed by atoms with Gasteiger partial charge in [0.1, 0.15) is 5.76 Å². The first kappa shape index (κ1) is 8.42. The number of hydrogen-bond donors (Lipinski definition) is 2. The van der Waals surface area contributed by atoms with Crippen LogP contribution in [0.25, 0.3) is 10.9 Å². The zero-order chi connectivity index (χ0) is 10.3. The van der Waals surface area contributed by atoms with E-state index in [1.807, 2.05) is 5.10 Å². The third-order valence-electron chi connectivity index (χ3n) is 1.79. The van der Waals surface area contributed by atoms with E-state index in [9.17, 15) is 9.59 Å². The van der Waals surface area contributed by atoms with Crippen LogP contribution in [0.5, 0.6) is 0 Å². The molecule has 14 heavy (non-hydrogen) atoms. The summed E-state index contributed by atoms with van der Waals surface area (Å²) in [6.45, 7) is 1.52. The first-order valence-electron chi connectivity index (χ1n) is 3.69. The molecule has 0 saturated heterocycles. The van der Waals surface area contributed by atoms with Crippen LogP contribution in [0.3, 0.4) is 0 Å². The molecule has 0 aliphatic heterocycles. The molecule has 2 aromatic heterocycles. The van der Waals surface area contributed by atoms with Crippen molar-refractivity contribution in [3.63, 3.8) is 0 Å². The number of fused-ring (bicyclic) bond motifs is 1. The Bertz CT molecular complexity index is 568. The highest BCUT2D eigenvalue weighted by Gasteiger charge is 2.18. The standard InChI is InChI=1S/C7H5N3O4/c1-2-3-4(10-14-2)6(11)9-8-5(3)7(12)13/h1H3,(H,9,11)(H,12,13). The van der Waals surface area contributed by atoms with Crippen molar-refractivity contribution in [3.05, 3.63) is 21.8 Å². The van der Waals surface area contributed by atoms with Crippen LogP contribution in [-0.4, -0.2) is 26.4 Å². The van der Waals surface area contributed by atoms with Crippen LogP contribution < -0.4 is 5.56 Å². The van der Waals surface area contributed by atoms with Crippen molar-refractivity contribution < 1.29 is 14.4 Å². The molecule has 0 aliphatic carbocycles. The molecule has 0 aliphatic rings. The van der Waals surface area contributed by atoms with Crippen molar-refractivity contribution in [3.8, 4) is 0 Å². The fraction of sp³-hybridized carbons (Fsp3) is 0.143. The third-order valence-corrected chi connectivity index (χ3v) is 1.79. The summed E-state index contributed by atoms with van der Waals surface area (Å²) >= 11 is 0. The van der Waals surface area contributed by atoms with Crippen molar-refractivity contribution in [2.24, 2.45) is 0 Å². The average Bonchev–Trinajstić information content (AvgIpc) is 2.50. The number of aromatic carboxylic acids is 1. The molecule has 0 unspecified atom stereocenters. The summed E-state index contributed by atoms with van der Waals surface area (Å²) in [6, 6.07) is 0. The highest BCUT2D eigenvalue weighted by Crippen LogP contribution is 2.16. The van der Waals surface area contributed by atoms with E-state index in [0.717, 1.165) is 0 Å². The van der Waals surface area contributed by atoms with E-state index in [1.165, 1.54) is 6.92 Å². The van der Waals surface area contributed by atoms with E-state index < -0.39 is 11.5 Å². The summed E-state index contributed by atoms with van der Waals surface area (Å²) in [5, 5.41) is 17.8. The van der Waals surface area contributed by atoms with Gasteiger partial charge in [-0.2, -0.15) is 5.10 Å². The second kappa shape index (κ2) is 2.66. The maximum absolute atomic E-state index is 11.1. The lowest BCUT2D eigenvalue weighted by molar-refractivity contribution is 0.0691. The number of nitrogens with zero attached hydrogens (tertiary/aromatic N) is 2. The number of carbonyl (C=O) groups is 1. The molecule has 0 aromatic carbocycles. The lowest BCUT2D eigenvalue weighted by atomic mass is 10.2. The molecule has 7 nitrogen and oxygen atoms in total. The van der Waals surface area contributed by atoms with Gasteiger partial charge < -0.3 is 9.63 Å². The first-order chi connectivity index (χ1) is 6.61. The zero-order valence-corrected chi connectivity index (χ0v) is 7.07. The molecule has 0 amide bonds. The number of H-pyrrole nitrogens is 1. The molecule has 0 fully saturated rings. The lowest BCUT2D eigenvalue weighted by Gasteiger charge is -1.93. The predicted molar refractivity (Wildman–Crippen MR) is 44.1 cm³/mol. The number of nitrogens with one attached hydrogen (secondary N) is 1. The molecule has 72 valence electrons. The summed E-state index contributed by atoms with van der Waals surface area (Å²) in [6.07, 6.45) is 0. The largest absolute Gasteiger partial charge is 0.476 e. The normalized spacial score (nSPS) is 10.6. The van der Waals surface area contributed by atoms with Crippen LogP contribution in [0, 0.1) is 6.92 Å². The van der Waals surface area contributed by atoms with Gasteiger partial charge in [0.25, 0.3) is 5.56 Å². The molecule has 0 atom stereocenters. The van der Waals surface area contributed by atoms with Crippen LogP contribution in [0.2, 0.25) is 0 Å². The highest BCUT2D eigenvalue weighted by molar-refractivity contribution is 6.00. The van der Waals surface area contributed by atoms with E-state index in [4.69, 9.17) is 9.63 Å². The van der Waals surface area contributed by atoms with Gasteiger partial charge >= 0.3 is 5.97 Å². The minimum Gasteiger partial charge on any atom is -0.476 e. The monoisotopic (exact) mass is 195 g/mol. The molecule has 7 heteroatoms. The van der Waals surface area contributed by atoms with Crippen LogP contribution in [0.1, 0.15) is 16.2 Å². The smallest absolute Gasteiger partial charge is 0.357 e. The van der Waals surface area contributed by atoms with Gasteiger partial charge in [-0.1, -0.05) is 5.16 Å². The molecule has 0 bridgehead atoms. The van der Waals surface area contributed by atoms with Crippen LogP contribution in [0.15, 0.2) is 9.32 Å². The Labute approximate surface area is 76.3 Å². The number of aryl methyl sites for hydroxylation is 1. The van der Waals surface area contributed by atoms with Gasteiger partial charge in [-0.05, 0) is 6.92 Å². The van der Waals surface area contributed by atoms with Crippen molar-refractivity contribution in [2.75, 3.05) is 0 Å². The lowest BCUT2D eigenvalue weighted by Crippen LogP contribution is -2.13. The van der Waals surface area contributed by atoms with Crippen molar-refractivity contribution >= 4 is 16.9 Å². The first-order valence-corrected chi connectivity index (χ1v) is 3.69. The molecule has 2 aromatic rings. The van der Waals surface area contributed by atoms with Crippen molar-refractivity contribution in [1.82, 2.24) is 15.4 Å². The molecule has 0 radical (unpaired) electrons. The number of rotatable bonds is 1. The van der Waals surface area contributed by atoms with E-state index in [1.54, 1.807) is 0 Å². The van der Waals surface area contributed by atoms with Crippen molar-refractivity contribution in [1.29, 1.82) is 0 Å². The van der Waals surface area contributed by atoms with E-state index in [0.29, 0.717) is 0 Å². The van der Waals surface area contributed by atoms with Crippen molar-refractivity contribution in [2.45, 2.75) is 6.92 Å². The van der Waals surface area contributed by atoms with E-state index >= 15 is 0 Å². The van der Waals surface area contributed by atoms with E-state index in [-0.39, 0.29) is 22.4 Å². The summed E-state index contributed by atoms with van der Waals surface area (Å²) < 4.78 is 4.71. The summed E-state index contributed by atoms with van der Waals surface area (Å²) in [7, 11) is 0. The fourth-order valence-electron chi connectivity index (χ4n) is 1.18. The van der Waals surface area contributed by atoms with Crippen LogP contribution >= 0.6 is 0 Å². The Hall–Kier alpha value is -2.18. The van der Waals surface area contributed by atoms with Gasteiger partial charge in [-0.3, -0.25) is 4.79 Å². The summed E-state index contributed by atoms with van der Waals surface area (Å²) in [5.41, 5.74) is -0.880. The minimum absolute atomic E-state index is 0.0464.